The Morgan fingerprint density at radius 1 is 1.30 bits per heavy atom. The van der Waals surface area contributed by atoms with Crippen molar-refractivity contribution in [2.24, 2.45) is 0 Å². The van der Waals surface area contributed by atoms with Gasteiger partial charge in [-0.2, -0.15) is 0 Å². The molecule has 0 amide bonds. The molecule has 0 radical (unpaired) electrons. The van der Waals surface area contributed by atoms with Gasteiger partial charge in [0.05, 0.1) is 5.37 Å². The molecule has 20 heavy (non-hydrogen) atoms. The fourth-order valence-electron chi connectivity index (χ4n) is 2.28. The van der Waals surface area contributed by atoms with Crippen molar-refractivity contribution in [1.29, 1.82) is 0 Å². The lowest BCUT2D eigenvalue weighted by atomic mass is 10.1. The monoisotopic (exact) mass is 306 g/mol. The molecule has 3 N–H and O–H groups in total. The van der Waals surface area contributed by atoms with Crippen LogP contribution in [0.2, 0.25) is 5.02 Å². The van der Waals surface area contributed by atoms with E-state index >= 15 is 0 Å². The summed E-state index contributed by atoms with van der Waals surface area (Å²) >= 11 is 7.60. The van der Waals surface area contributed by atoms with Crippen molar-refractivity contribution in [2.75, 3.05) is 11.1 Å². The molecule has 4 nitrogen and oxygen atoms in total. The summed E-state index contributed by atoms with van der Waals surface area (Å²) in [7, 11) is 0. The van der Waals surface area contributed by atoms with Gasteiger partial charge in [0.25, 0.3) is 0 Å². The number of nitrogens with zero attached hydrogens (tertiary/aromatic N) is 2. The first-order valence-electron chi connectivity index (χ1n) is 6.43. The number of hydrogen-bond acceptors (Lipinski definition) is 5. The number of aryl methyl sites for hydroxylation is 1. The Morgan fingerprint density at radius 2 is 2.05 bits per heavy atom. The van der Waals surface area contributed by atoms with Crippen molar-refractivity contribution < 1.29 is 0 Å². The Balaban J connectivity index is 1.77. The number of hydrogen-bond donors (Lipinski definition) is 2. The molecule has 1 unspecified atom stereocenters. The summed E-state index contributed by atoms with van der Waals surface area (Å²) in [5, 5.41) is 5.52. The van der Waals surface area contributed by atoms with E-state index in [2.05, 4.69) is 15.3 Å². The standard InChI is InChI=1S/C14H15ClN4S/c1-8-11-6-7-12(20-13(11)19-14(16)17-8)18-10-4-2-9(15)3-5-10/h2-5,12,18H,6-7H2,1H3,(H2,16,17,19). The van der Waals surface area contributed by atoms with E-state index in [1.807, 2.05) is 31.2 Å². The number of aromatic nitrogens is 2. The van der Waals surface area contributed by atoms with E-state index in [0.717, 1.165) is 34.3 Å². The van der Waals surface area contributed by atoms with Gasteiger partial charge in [-0.05, 0) is 44.0 Å². The number of halogens is 1. The van der Waals surface area contributed by atoms with Gasteiger partial charge in [-0.15, -0.1) is 0 Å². The van der Waals surface area contributed by atoms with Crippen LogP contribution in [0.3, 0.4) is 0 Å². The largest absolute Gasteiger partial charge is 0.373 e. The summed E-state index contributed by atoms with van der Waals surface area (Å²) < 4.78 is 0. The van der Waals surface area contributed by atoms with Crippen LogP contribution in [0.5, 0.6) is 0 Å². The topological polar surface area (TPSA) is 63.8 Å². The zero-order valence-electron chi connectivity index (χ0n) is 11.1. The van der Waals surface area contributed by atoms with Gasteiger partial charge in [0, 0.05) is 22.0 Å². The number of benzene rings is 1. The maximum atomic E-state index is 5.89. The number of nitrogens with two attached hydrogens (primary N) is 1. The zero-order chi connectivity index (χ0) is 14.1. The molecule has 104 valence electrons. The minimum atomic E-state index is 0.289. The molecule has 0 saturated heterocycles. The molecule has 1 aliphatic rings. The van der Waals surface area contributed by atoms with E-state index in [4.69, 9.17) is 17.3 Å². The van der Waals surface area contributed by atoms with Crippen LogP contribution in [0.15, 0.2) is 29.3 Å². The summed E-state index contributed by atoms with van der Waals surface area (Å²) in [4.78, 5) is 8.57. The Kier molecular flexibility index (Phi) is 3.72. The molecule has 3 rings (SSSR count). The van der Waals surface area contributed by atoms with Gasteiger partial charge in [-0.1, -0.05) is 23.4 Å². The molecule has 0 saturated carbocycles. The van der Waals surface area contributed by atoms with Crippen LogP contribution in [0.25, 0.3) is 0 Å². The van der Waals surface area contributed by atoms with Crippen molar-refractivity contribution >= 4 is 35.0 Å². The van der Waals surface area contributed by atoms with E-state index < -0.39 is 0 Å². The summed E-state index contributed by atoms with van der Waals surface area (Å²) in [6.07, 6.45) is 2.01. The maximum Gasteiger partial charge on any atom is 0.221 e. The summed E-state index contributed by atoms with van der Waals surface area (Å²) in [5.41, 5.74) is 9.00. The van der Waals surface area contributed by atoms with E-state index in [9.17, 15) is 0 Å². The third-order valence-corrected chi connectivity index (χ3v) is 4.73. The van der Waals surface area contributed by atoms with Crippen molar-refractivity contribution in [2.45, 2.75) is 30.2 Å². The summed E-state index contributed by atoms with van der Waals surface area (Å²) in [6.45, 7) is 1.99. The summed E-state index contributed by atoms with van der Waals surface area (Å²) in [6, 6.07) is 7.74. The molecular weight excluding hydrogens is 292 g/mol. The second-order valence-corrected chi connectivity index (χ2v) is 6.38. The molecule has 1 aliphatic heterocycles. The van der Waals surface area contributed by atoms with Crippen molar-refractivity contribution in [1.82, 2.24) is 9.97 Å². The number of nitrogen functional groups attached to an aromatic ring is 1. The first-order chi connectivity index (χ1) is 9.61. The quantitative estimate of drug-likeness (QED) is 0.831. The molecule has 0 bridgehead atoms. The fraction of sp³-hybridized carbons (Fsp3) is 0.286. The van der Waals surface area contributed by atoms with Gasteiger partial charge in [-0.3, -0.25) is 0 Å². The van der Waals surface area contributed by atoms with Crippen molar-refractivity contribution in [3.8, 4) is 0 Å². The van der Waals surface area contributed by atoms with Gasteiger partial charge in [0.2, 0.25) is 5.95 Å². The molecule has 1 atom stereocenters. The van der Waals surface area contributed by atoms with E-state index in [1.54, 1.807) is 11.8 Å². The van der Waals surface area contributed by atoms with Gasteiger partial charge in [-0.25, -0.2) is 9.97 Å². The summed E-state index contributed by atoms with van der Waals surface area (Å²) in [5.74, 6) is 0.348. The van der Waals surface area contributed by atoms with E-state index in [1.165, 1.54) is 5.56 Å². The van der Waals surface area contributed by atoms with E-state index in [-0.39, 0.29) is 5.37 Å². The Bertz CT molecular complexity index is 630. The van der Waals surface area contributed by atoms with Crippen LogP contribution in [0, 0.1) is 6.92 Å². The second kappa shape index (κ2) is 5.50. The minimum absolute atomic E-state index is 0.289. The van der Waals surface area contributed by atoms with Gasteiger partial charge < -0.3 is 11.1 Å². The number of anilines is 2. The SMILES string of the molecule is Cc1nc(N)nc2c1CCC(Nc1ccc(Cl)cc1)S2. The smallest absolute Gasteiger partial charge is 0.221 e. The normalized spacial score (nSPS) is 17.6. The Morgan fingerprint density at radius 3 is 2.80 bits per heavy atom. The highest BCUT2D eigenvalue weighted by molar-refractivity contribution is 8.00. The van der Waals surface area contributed by atoms with Crippen LogP contribution in [-0.4, -0.2) is 15.3 Å². The number of nitrogens with one attached hydrogen (secondary N) is 1. The highest BCUT2D eigenvalue weighted by Gasteiger charge is 2.22. The molecule has 2 heterocycles. The predicted molar refractivity (Wildman–Crippen MR) is 84.2 cm³/mol. The lowest BCUT2D eigenvalue weighted by Crippen LogP contribution is -2.22. The molecule has 0 fully saturated rings. The average Bonchev–Trinajstić information content (AvgIpc) is 2.41. The minimum Gasteiger partial charge on any atom is -0.373 e. The third-order valence-electron chi connectivity index (χ3n) is 3.28. The zero-order valence-corrected chi connectivity index (χ0v) is 12.6. The molecule has 0 spiro atoms. The predicted octanol–water partition coefficient (Wildman–Crippen LogP) is 3.50. The first-order valence-corrected chi connectivity index (χ1v) is 7.69. The molecule has 2 aromatic rings. The van der Waals surface area contributed by atoms with Crippen molar-refractivity contribution in [3.63, 3.8) is 0 Å². The molecular formula is C14H15ClN4S. The average molecular weight is 307 g/mol. The molecule has 0 aliphatic carbocycles. The third kappa shape index (κ3) is 2.83. The van der Waals surface area contributed by atoms with Crippen LogP contribution in [0.4, 0.5) is 11.6 Å². The molecule has 1 aromatic heterocycles. The van der Waals surface area contributed by atoms with Crippen LogP contribution in [0.1, 0.15) is 17.7 Å². The van der Waals surface area contributed by atoms with Gasteiger partial charge >= 0.3 is 0 Å². The Labute approximate surface area is 127 Å². The van der Waals surface area contributed by atoms with Crippen LogP contribution < -0.4 is 11.1 Å². The Hall–Kier alpha value is -1.46. The van der Waals surface area contributed by atoms with Crippen LogP contribution in [-0.2, 0) is 6.42 Å². The number of rotatable bonds is 2. The highest BCUT2D eigenvalue weighted by Crippen LogP contribution is 2.35. The molecule has 6 heteroatoms. The lowest BCUT2D eigenvalue weighted by Gasteiger charge is -2.25. The first kappa shape index (κ1) is 13.5. The van der Waals surface area contributed by atoms with Crippen LogP contribution >= 0.6 is 23.4 Å². The van der Waals surface area contributed by atoms with Crippen molar-refractivity contribution in [3.05, 3.63) is 40.5 Å². The van der Waals surface area contributed by atoms with Gasteiger partial charge in [0.1, 0.15) is 5.03 Å². The highest BCUT2D eigenvalue weighted by atomic mass is 35.5. The maximum absolute atomic E-state index is 5.89. The molecule has 1 aromatic carbocycles. The fourth-order valence-corrected chi connectivity index (χ4v) is 3.64. The van der Waals surface area contributed by atoms with Gasteiger partial charge in [0.15, 0.2) is 0 Å². The number of fused-ring (bicyclic) bond motifs is 1. The number of thioether (sulfide) groups is 1. The van der Waals surface area contributed by atoms with E-state index in [0.29, 0.717) is 5.95 Å². The lowest BCUT2D eigenvalue weighted by molar-refractivity contribution is 0.755. The second-order valence-electron chi connectivity index (χ2n) is 4.75.